The van der Waals surface area contributed by atoms with Crippen LogP contribution < -0.4 is 5.73 Å². The van der Waals surface area contributed by atoms with Crippen LogP contribution in [0.5, 0.6) is 0 Å². The molecule has 0 spiro atoms. The van der Waals surface area contributed by atoms with Gasteiger partial charge in [0, 0.05) is 12.0 Å². The molecule has 1 fully saturated rings. The number of rotatable bonds is 1. The fraction of sp³-hybridized carbons (Fsp3) is 0.667. The molecule has 1 aliphatic carbocycles. The van der Waals surface area contributed by atoms with Crippen LogP contribution in [0.2, 0.25) is 0 Å². The molecule has 8 heavy (non-hydrogen) atoms. The van der Waals surface area contributed by atoms with E-state index in [1.54, 1.807) is 0 Å². The Morgan fingerprint density at radius 1 is 1.62 bits per heavy atom. The summed E-state index contributed by atoms with van der Waals surface area (Å²) in [7, 11) is 0. The second kappa shape index (κ2) is 1.78. The van der Waals surface area contributed by atoms with Gasteiger partial charge in [-0.3, -0.25) is 0 Å². The first kappa shape index (κ1) is 5.63. The number of aliphatic hydroxyl groups excluding tert-OH is 1. The SMILES string of the molecule is C=C(O)[C@H]1C[C@@H](N)C1. The monoisotopic (exact) mass is 113 g/mol. The lowest BCUT2D eigenvalue weighted by Crippen LogP contribution is -2.36. The fourth-order valence-corrected chi connectivity index (χ4v) is 0.934. The minimum absolute atomic E-state index is 0.296. The molecule has 0 aromatic carbocycles. The summed E-state index contributed by atoms with van der Waals surface area (Å²) in [6.45, 7) is 3.41. The van der Waals surface area contributed by atoms with Crippen LogP contribution in [-0.4, -0.2) is 11.1 Å². The van der Waals surface area contributed by atoms with Crippen LogP contribution in [0.3, 0.4) is 0 Å². The zero-order valence-electron chi connectivity index (χ0n) is 4.80. The van der Waals surface area contributed by atoms with Gasteiger partial charge in [0.2, 0.25) is 0 Å². The molecule has 3 N–H and O–H groups in total. The molecular formula is C6H11NO. The van der Waals surface area contributed by atoms with Gasteiger partial charge in [-0.25, -0.2) is 0 Å². The first-order chi connectivity index (χ1) is 3.70. The van der Waals surface area contributed by atoms with Crippen molar-refractivity contribution in [2.45, 2.75) is 18.9 Å². The molecule has 0 amide bonds. The molecule has 0 unspecified atom stereocenters. The Morgan fingerprint density at radius 2 is 2.12 bits per heavy atom. The summed E-state index contributed by atoms with van der Waals surface area (Å²) in [6.07, 6.45) is 1.82. The summed E-state index contributed by atoms with van der Waals surface area (Å²) < 4.78 is 0. The normalized spacial score (nSPS) is 36.1. The second-order valence-electron chi connectivity index (χ2n) is 2.42. The summed E-state index contributed by atoms with van der Waals surface area (Å²) in [5.74, 6) is 0.594. The van der Waals surface area contributed by atoms with E-state index in [1.807, 2.05) is 0 Å². The number of hydrogen-bond donors (Lipinski definition) is 2. The molecule has 2 heteroatoms. The van der Waals surface area contributed by atoms with Crippen molar-refractivity contribution >= 4 is 0 Å². The van der Waals surface area contributed by atoms with E-state index in [9.17, 15) is 0 Å². The largest absolute Gasteiger partial charge is 0.513 e. The van der Waals surface area contributed by atoms with Gasteiger partial charge in [0.1, 0.15) is 0 Å². The average Bonchev–Trinajstić information content (AvgIpc) is 1.57. The zero-order chi connectivity index (χ0) is 6.15. The highest BCUT2D eigenvalue weighted by Crippen LogP contribution is 2.29. The molecule has 2 nitrogen and oxygen atoms in total. The van der Waals surface area contributed by atoms with E-state index in [1.165, 1.54) is 0 Å². The summed E-state index contributed by atoms with van der Waals surface area (Å²) in [5, 5.41) is 8.74. The van der Waals surface area contributed by atoms with E-state index in [-0.39, 0.29) is 0 Å². The Morgan fingerprint density at radius 3 is 2.25 bits per heavy atom. The van der Waals surface area contributed by atoms with Crippen molar-refractivity contribution in [3.8, 4) is 0 Å². The Balaban J connectivity index is 2.25. The lowest BCUT2D eigenvalue weighted by molar-refractivity contribution is 0.220. The lowest BCUT2D eigenvalue weighted by Gasteiger charge is -2.31. The third-order valence-electron chi connectivity index (χ3n) is 1.65. The quantitative estimate of drug-likeness (QED) is 0.494. The number of nitrogens with two attached hydrogens (primary N) is 1. The molecule has 0 aromatic rings. The highest BCUT2D eigenvalue weighted by Gasteiger charge is 2.27. The van der Waals surface area contributed by atoms with Gasteiger partial charge < -0.3 is 10.8 Å². The van der Waals surface area contributed by atoms with Gasteiger partial charge >= 0.3 is 0 Å². The minimum Gasteiger partial charge on any atom is -0.513 e. The molecule has 0 saturated heterocycles. The van der Waals surface area contributed by atoms with Gasteiger partial charge in [-0.15, -0.1) is 0 Å². The van der Waals surface area contributed by atoms with Gasteiger partial charge in [0.25, 0.3) is 0 Å². The molecule has 0 radical (unpaired) electrons. The van der Waals surface area contributed by atoms with Crippen LogP contribution >= 0.6 is 0 Å². The van der Waals surface area contributed by atoms with Crippen LogP contribution in [0.15, 0.2) is 12.3 Å². The van der Waals surface area contributed by atoms with E-state index in [4.69, 9.17) is 10.8 Å². The minimum atomic E-state index is 0.296. The molecule has 46 valence electrons. The standard InChI is InChI=1S/C6H11NO/c1-4(8)5-2-6(7)3-5/h5-6,8H,1-3,7H2/t5-,6+. The maximum absolute atomic E-state index is 8.74. The Bertz CT molecular complexity index is 105. The number of aliphatic hydroxyl groups is 1. The molecule has 0 aliphatic heterocycles. The third kappa shape index (κ3) is 0.842. The Hall–Kier alpha value is -0.500. The van der Waals surface area contributed by atoms with E-state index >= 15 is 0 Å². The summed E-state index contributed by atoms with van der Waals surface area (Å²) in [4.78, 5) is 0. The molecule has 0 bridgehead atoms. The van der Waals surface area contributed by atoms with E-state index in [2.05, 4.69) is 6.58 Å². The van der Waals surface area contributed by atoms with E-state index < -0.39 is 0 Å². The van der Waals surface area contributed by atoms with Gasteiger partial charge in [0.15, 0.2) is 0 Å². The van der Waals surface area contributed by atoms with Crippen LogP contribution in [0, 0.1) is 5.92 Å². The highest BCUT2D eigenvalue weighted by atomic mass is 16.3. The highest BCUT2D eigenvalue weighted by molar-refractivity contribution is 4.98. The van der Waals surface area contributed by atoms with Crippen LogP contribution in [0.1, 0.15) is 12.8 Å². The van der Waals surface area contributed by atoms with Gasteiger partial charge in [-0.2, -0.15) is 0 Å². The summed E-state index contributed by atoms with van der Waals surface area (Å²) in [5.41, 5.74) is 5.45. The number of hydrogen-bond acceptors (Lipinski definition) is 2. The van der Waals surface area contributed by atoms with Crippen LogP contribution in [0.25, 0.3) is 0 Å². The van der Waals surface area contributed by atoms with Crippen molar-refractivity contribution in [1.29, 1.82) is 0 Å². The van der Waals surface area contributed by atoms with Crippen molar-refractivity contribution in [2.24, 2.45) is 11.7 Å². The van der Waals surface area contributed by atoms with Crippen LogP contribution in [0.4, 0.5) is 0 Å². The Kier molecular flexibility index (Phi) is 1.26. The zero-order valence-corrected chi connectivity index (χ0v) is 4.80. The first-order valence-corrected chi connectivity index (χ1v) is 2.83. The molecule has 0 aromatic heterocycles. The number of allylic oxidation sites excluding steroid dienone is 1. The van der Waals surface area contributed by atoms with E-state index in [0.29, 0.717) is 17.7 Å². The van der Waals surface area contributed by atoms with Gasteiger partial charge in [0.05, 0.1) is 5.76 Å². The molecule has 0 atom stereocenters. The van der Waals surface area contributed by atoms with Crippen molar-refractivity contribution in [3.63, 3.8) is 0 Å². The van der Waals surface area contributed by atoms with Crippen LogP contribution in [-0.2, 0) is 0 Å². The predicted molar refractivity (Wildman–Crippen MR) is 32.5 cm³/mol. The molecule has 1 aliphatic rings. The van der Waals surface area contributed by atoms with Crippen molar-refractivity contribution in [2.75, 3.05) is 0 Å². The van der Waals surface area contributed by atoms with Gasteiger partial charge in [-0.05, 0) is 12.8 Å². The summed E-state index contributed by atoms with van der Waals surface area (Å²) >= 11 is 0. The third-order valence-corrected chi connectivity index (χ3v) is 1.65. The van der Waals surface area contributed by atoms with E-state index in [0.717, 1.165) is 12.8 Å². The maximum atomic E-state index is 8.74. The lowest BCUT2D eigenvalue weighted by atomic mass is 9.80. The smallest absolute Gasteiger partial charge is 0.0883 e. The maximum Gasteiger partial charge on any atom is 0.0883 e. The second-order valence-corrected chi connectivity index (χ2v) is 2.42. The van der Waals surface area contributed by atoms with Crippen molar-refractivity contribution < 1.29 is 5.11 Å². The fourth-order valence-electron chi connectivity index (χ4n) is 0.934. The first-order valence-electron chi connectivity index (χ1n) is 2.83. The predicted octanol–water partition coefficient (Wildman–Crippen LogP) is 0.795. The van der Waals surface area contributed by atoms with Gasteiger partial charge in [-0.1, -0.05) is 6.58 Å². The molecule has 1 saturated carbocycles. The average molecular weight is 113 g/mol. The van der Waals surface area contributed by atoms with Crippen molar-refractivity contribution in [3.05, 3.63) is 12.3 Å². The van der Waals surface area contributed by atoms with Crippen molar-refractivity contribution in [1.82, 2.24) is 0 Å². The summed E-state index contributed by atoms with van der Waals surface area (Å²) in [6, 6.07) is 0.309. The Labute approximate surface area is 49.0 Å². The molecular weight excluding hydrogens is 102 g/mol. The topological polar surface area (TPSA) is 46.2 Å². The molecule has 1 rings (SSSR count). The molecule has 0 heterocycles.